The molecule has 4 radical (unpaired) electrons. The predicted octanol–water partition coefficient (Wildman–Crippen LogP) is 13.2. The number of hydrazine groups is 1. The van der Waals surface area contributed by atoms with Crippen LogP contribution in [0.1, 0.15) is 154 Å². The number of allylic oxidation sites excluding steroid dienone is 1. The highest BCUT2D eigenvalue weighted by Gasteiger charge is 2.42. The van der Waals surface area contributed by atoms with Gasteiger partial charge in [-0.3, -0.25) is 14.8 Å². The third kappa shape index (κ3) is 15.1. The Bertz CT molecular complexity index is 2970. The number of nitrogens with one attached hydrogen (secondary N) is 2. The van der Waals surface area contributed by atoms with Gasteiger partial charge in [0.15, 0.2) is 0 Å². The van der Waals surface area contributed by atoms with Crippen LogP contribution in [-0.2, 0) is 19.4 Å². The first-order valence-corrected chi connectivity index (χ1v) is 33.4. The van der Waals surface area contributed by atoms with Gasteiger partial charge in [0.2, 0.25) is 0 Å². The zero-order chi connectivity index (χ0) is 60.5. The molecule has 0 bridgehead atoms. The van der Waals surface area contributed by atoms with E-state index >= 15 is 13.2 Å². The van der Waals surface area contributed by atoms with Gasteiger partial charge in [0, 0.05) is 116 Å². The lowest BCUT2D eigenvalue weighted by molar-refractivity contribution is -0.139. The lowest BCUT2D eigenvalue weighted by Crippen LogP contribution is -2.55. The van der Waals surface area contributed by atoms with Crippen molar-refractivity contribution < 1.29 is 13.2 Å². The van der Waals surface area contributed by atoms with Crippen LogP contribution in [0.25, 0.3) is 33.4 Å². The number of hydrogen-bond acceptors (Lipinski definition) is 11. The number of nitrogens with zero attached hydrogens (tertiary/aromatic N) is 9. The Hall–Kier alpha value is -4.70. The summed E-state index contributed by atoms with van der Waals surface area (Å²) in [6.45, 7) is 41.4. The number of alkyl halides is 3. The van der Waals surface area contributed by atoms with Crippen LogP contribution in [0.5, 0.6) is 0 Å². The van der Waals surface area contributed by atoms with Gasteiger partial charge < -0.3 is 29.6 Å². The minimum absolute atomic E-state index is 0.0240. The molecule has 4 unspecified atom stereocenters. The van der Waals surface area contributed by atoms with Crippen LogP contribution in [0.4, 0.5) is 18.9 Å². The number of likely N-dealkylation sites (tertiary alicyclic amines) is 1. The summed E-state index contributed by atoms with van der Waals surface area (Å²) in [6.07, 6.45) is 15.3. The number of thiazole rings is 1. The number of piperazine rings is 1. The minimum atomic E-state index is -4.47. The number of pyridine rings is 1. The quantitative estimate of drug-likeness (QED) is 0.0424. The third-order valence-electron chi connectivity index (χ3n) is 19.7. The molecule has 6 fully saturated rings. The fourth-order valence-electron chi connectivity index (χ4n) is 14.9. The second-order valence-electron chi connectivity index (χ2n) is 27.5. The Balaban J connectivity index is 0.950. The summed E-state index contributed by atoms with van der Waals surface area (Å²) in [7, 11) is 13.3. The van der Waals surface area contributed by atoms with Crippen LogP contribution in [0.2, 0.25) is 0 Å². The van der Waals surface area contributed by atoms with E-state index < -0.39 is 18.1 Å². The molecule has 2 N–H and O–H groups in total. The van der Waals surface area contributed by atoms with E-state index in [0.717, 1.165) is 159 Å². The molecule has 4 atom stereocenters. The Morgan fingerprint density at radius 1 is 0.918 bits per heavy atom. The van der Waals surface area contributed by atoms with Crippen molar-refractivity contribution in [3.8, 4) is 22.5 Å². The molecule has 85 heavy (non-hydrogen) atoms. The van der Waals surface area contributed by atoms with Crippen LogP contribution in [0.3, 0.4) is 0 Å². The van der Waals surface area contributed by atoms with E-state index in [1.54, 1.807) is 15.9 Å². The Kier molecular flexibility index (Phi) is 19.8. The SMILES string of the molecule is [B]C([B])(C)N(C(=C)N(CC)CC1CCN(C(C(=C)NC(Cc2nc(-c3ccc4c(c3)c(CC(C)(C)CCC=C)c(-c3cc(N5CCN(C6CC6)CC5)cnc3C(C)C)n4CC(F)(F)F)cs2)C(=C)N2CCCCN2)C2CCCC2)C1)C(C)C1CC1. The van der Waals surface area contributed by atoms with Crippen molar-refractivity contribution in [2.24, 2.45) is 23.2 Å². The fourth-order valence-corrected chi connectivity index (χ4v) is 15.8. The minimum Gasteiger partial charge on any atom is -0.379 e. The first-order valence-electron chi connectivity index (χ1n) is 32.5. The van der Waals surface area contributed by atoms with Crippen LogP contribution in [-0.4, -0.2) is 156 Å². The van der Waals surface area contributed by atoms with E-state index in [0.29, 0.717) is 47.8 Å². The van der Waals surface area contributed by atoms with E-state index in [9.17, 15) is 0 Å². The number of anilines is 1. The topological polar surface area (TPSA) is 74.2 Å². The van der Waals surface area contributed by atoms with E-state index in [1.807, 2.05) is 31.3 Å². The molecular formula is C68H98B2F3N11S. The average Bonchev–Trinajstić information content (AvgIpc) is 3.23. The molecule has 3 saturated heterocycles. The highest BCUT2D eigenvalue weighted by Crippen LogP contribution is 2.46. The molecule has 10 rings (SSSR count). The summed E-state index contributed by atoms with van der Waals surface area (Å²) < 4.78 is 47.2. The van der Waals surface area contributed by atoms with Gasteiger partial charge in [-0.1, -0.05) is 79.3 Å². The predicted molar refractivity (Wildman–Crippen MR) is 349 cm³/mol. The Labute approximate surface area is 514 Å². The molecule has 0 spiro atoms. The van der Waals surface area contributed by atoms with Gasteiger partial charge in [-0.05, 0) is 156 Å². The monoisotopic (exact) mass is 1180 g/mol. The molecule has 11 nitrogen and oxygen atoms in total. The van der Waals surface area contributed by atoms with Crippen LogP contribution >= 0.6 is 11.3 Å². The summed E-state index contributed by atoms with van der Waals surface area (Å²) in [5, 5.41) is 9.17. The van der Waals surface area contributed by atoms with Gasteiger partial charge in [-0.25, -0.2) is 10.4 Å². The number of benzene rings is 1. The maximum Gasteiger partial charge on any atom is 0.406 e. The summed E-state index contributed by atoms with van der Waals surface area (Å²) >= 11 is 1.63. The molecule has 4 aromatic rings. The van der Waals surface area contributed by atoms with E-state index in [2.05, 4.69) is 112 Å². The molecule has 3 aliphatic heterocycles. The zero-order valence-electron chi connectivity index (χ0n) is 52.6. The number of halogens is 3. The Morgan fingerprint density at radius 2 is 1.66 bits per heavy atom. The van der Waals surface area contributed by atoms with Crippen LogP contribution < -0.4 is 15.6 Å². The van der Waals surface area contributed by atoms with E-state index in [1.165, 1.54) is 51.4 Å². The van der Waals surface area contributed by atoms with Crippen molar-refractivity contribution in [2.45, 2.75) is 193 Å². The van der Waals surface area contributed by atoms with E-state index in [-0.39, 0.29) is 29.5 Å². The molecule has 6 heterocycles. The second-order valence-corrected chi connectivity index (χ2v) is 28.5. The molecule has 458 valence electrons. The van der Waals surface area contributed by atoms with Crippen LogP contribution in [0.15, 0.2) is 85.4 Å². The molecule has 17 heteroatoms. The van der Waals surface area contributed by atoms with Gasteiger partial charge in [-0.15, -0.1) is 17.9 Å². The van der Waals surface area contributed by atoms with Crippen molar-refractivity contribution in [1.29, 1.82) is 0 Å². The van der Waals surface area contributed by atoms with Gasteiger partial charge in [-0.2, -0.15) is 13.2 Å². The van der Waals surface area contributed by atoms with Crippen molar-refractivity contribution in [2.75, 3.05) is 70.3 Å². The summed E-state index contributed by atoms with van der Waals surface area (Å²) in [5.41, 5.74) is 11.7. The van der Waals surface area contributed by atoms with Crippen molar-refractivity contribution in [3.63, 3.8) is 0 Å². The van der Waals surface area contributed by atoms with Crippen molar-refractivity contribution >= 4 is 43.6 Å². The molecule has 3 aromatic heterocycles. The fraction of sp³-hybridized carbons (Fsp3) is 0.647. The highest BCUT2D eigenvalue weighted by molar-refractivity contribution is 7.10. The van der Waals surface area contributed by atoms with Gasteiger partial charge in [0.25, 0.3) is 0 Å². The summed E-state index contributed by atoms with van der Waals surface area (Å²) in [6, 6.07) is 9.04. The molecular weight excluding hydrogens is 1080 g/mol. The number of rotatable bonds is 28. The lowest BCUT2D eigenvalue weighted by Gasteiger charge is -2.48. The van der Waals surface area contributed by atoms with Crippen LogP contribution in [0, 0.1) is 23.2 Å². The molecule has 1 aromatic carbocycles. The molecule has 3 aliphatic carbocycles. The zero-order valence-corrected chi connectivity index (χ0v) is 53.4. The standard InChI is InChI=1S/C68H98B2F3N11S/c1-12-14-28-66(9,10)39-58-56-36-53(23-26-61(56)82(44-68(71,72)73)65(58)57-37-55(40-74-63(57)45(3)4)80-34-32-79(33-35-80)54-24-25-54)60-43-85-62(77-60)38-59(48(7)83-30-18-17-29-75-83)76-46(5)64(52-19-15-16-20-52)81-31-27-50(42-81)41-78(13-2)49(8)84(67(11,69)70)47(6)51-21-22-51/h12,23,26,36-37,40,43,45,47,50-52,54,59,64,75-76H,1,5,7-8,13-22,24-25,27-35,38-39,41-42,44H2,2-4,6,9-11H3. The first kappa shape index (κ1) is 63.3. The summed E-state index contributed by atoms with van der Waals surface area (Å²) in [5.74, 6) is 2.44. The molecule has 3 saturated carbocycles. The van der Waals surface area contributed by atoms with Gasteiger partial charge >= 0.3 is 6.18 Å². The van der Waals surface area contributed by atoms with E-state index in [4.69, 9.17) is 38.8 Å². The normalized spacial score (nSPS) is 20.8. The summed E-state index contributed by atoms with van der Waals surface area (Å²) in [4.78, 5) is 22.8. The number of aromatic nitrogens is 3. The largest absolute Gasteiger partial charge is 0.406 e. The lowest BCUT2D eigenvalue weighted by atomic mass is 9.61. The van der Waals surface area contributed by atoms with Crippen molar-refractivity contribution in [3.05, 3.63) is 102 Å². The van der Waals surface area contributed by atoms with Gasteiger partial charge in [0.1, 0.15) is 6.54 Å². The second kappa shape index (κ2) is 26.6. The molecule has 0 amide bonds. The maximum absolute atomic E-state index is 15.2. The number of fused-ring (bicyclic) bond motifs is 1. The third-order valence-corrected chi connectivity index (χ3v) is 20.6. The van der Waals surface area contributed by atoms with Gasteiger partial charge in [0.05, 0.1) is 67.6 Å². The first-order chi connectivity index (χ1) is 40.5. The number of hydrogen-bond donors (Lipinski definition) is 2. The Morgan fingerprint density at radius 3 is 2.29 bits per heavy atom. The van der Waals surface area contributed by atoms with Crippen molar-refractivity contribution in [1.82, 2.24) is 49.9 Å². The molecule has 6 aliphatic rings. The highest BCUT2D eigenvalue weighted by atomic mass is 32.1. The maximum atomic E-state index is 15.2. The smallest absolute Gasteiger partial charge is 0.379 e. The average molecular weight is 1180 g/mol.